The monoisotopic (exact) mass is 280 g/mol. The summed E-state index contributed by atoms with van der Waals surface area (Å²) in [6, 6.07) is 4.02. The van der Waals surface area contributed by atoms with Crippen LogP contribution in [0.3, 0.4) is 0 Å². The summed E-state index contributed by atoms with van der Waals surface area (Å²) in [5.41, 5.74) is 5.10. The summed E-state index contributed by atoms with van der Waals surface area (Å²) in [5, 5.41) is 3.14. The molecule has 4 nitrogen and oxygen atoms in total. The molecule has 1 aromatic carbocycles. The van der Waals surface area contributed by atoms with E-state index in [1.165, 1.54) is 18.2 Å². The Morgan fingerprint density at radius 1 is 1.40 bits per heavy atom. The molecule has 2 rings (SSSR count). The van der Waals surface area contributed by atoms with Gasteiger partial charge in [0.1, 0.15) is 5.82 Å². The van der Waals surface area contributed by atoms with Crippen LogP contribution in [0.25, 0.3) is 0 Å². The Kier molecular flexibility index (Phi) is 3.50. The van der Waals surface area contributed by atoms with Crippen LogP contribution in [-0.4, -0.2) is 23.2 Å². The van der Waals surface area contributed by atoms with Crippen LogP contribution in [0.1, 0.15) is 44.5 Å². The first-order valence-corrected chi connectivity index (χ1v) is 6.67. The molecule has 0 aliphatic carbocycles. The van der Waals surface area contributed by atoms with Gasteiger partial charge in [-0.25, -0.2) is 4.39 Å². The topological polar surface area (TPSA) is 64.3 Å². The summed E-state index contributed by atoms with van der Waals surface area (Å²) in [4.78, 5) is 11.2. The van der Waals surface area contributed by atoms with Crippen LogP contribution in [-0.2, 0) is 4.74 Å². The van der Waals surface area contributed by atoms with Crippen LogP contribution < -0.4 is 11.1 Å². The van der Waals surface area contributed by atoms with Crippen molar-refractivity contribution < 1.29 is 13.9 Å². The number of benzene rings is 1. The first-order valence-electron chi connectivity index (χ1n) is 6.67. The van der Waals surface area contributed by atoms with Crippen molar-refractivity contribution in [2.45, 2.75) is 51.4 Å². The number of nitrogens with one attached hydrogen (secondary N) is 1. The molecule has 1 aromatic rings. The summed E-state index contributed by atoms with van der Waals surface area (Å²) in [5.74, 6) is -0.981. The first-order chi connectivity index (χ1) is 9.11. The largest absolute Gasteiger partial charge is 0.377 e. The van der Waals surface area contributed by atoms with Gasteiger partial charge in [0.15, 0.2) is 0 Å². The Labute approximate surface area is 118 Å². The number of halogens is 1. The molecule has 1 amide bonds. The van der Waals surface area contributed by atoms with Crippen molar-refractivity contribution in [3.8, 4) is 0 Å². The van der Waals surface area contributed by atoms with Gasteiger partial charge in [-0.15, -0.1) is 0 Å². The molecule has 1 aliphatic heterocycles. The van der Waals surface area contributed by atoms with Crippen molar-refractivity contribution in [3.05, 3.63) is 29.6 Å². The lowest BCUT2D eigenvalue weighted by molar-refractivity contribution is -0.0662. The highest BCUT2D eigenvalue weighted by Crippen LogP contribution is 2.39. The number of amides is 1. The van der Waals surface area contributed by atoms with Crippen LogP contribution >= 0.6 is 0 Å². The maximum atomic E-state index is 13.9. The quantitative estimate of drug-likeness (QED) is 0.894. The predicted octanol–water partition coefficient (Wildman–Crippen LogP) is 2.68. The van der Waals surface area contributed by atoms with Gasteiger partial charge in [0.25, 0.3) is 0 Å². The van der Waals surface area contributed by atoms with Gasteiger partial charge in [0.2, 0.25) is 5.91 Å². The van der Waals surface area contributed by atoms with Crippen molar-refractivity contribution in [2.75, 3.05) is 5.32 Å². The fraction of sp³-hybridized carbons (Fsp3) is 0.533. The molecule has 0 radical (unpaired) electrons. The molecule has 1 saturated heterocycles. The molecule has 20 heavy (non-hydrogen) atoms. The van der Waals surface area contributed by atoms with E-state index in [4.69, 9.17) is 10.5 Å². The molecule has 0 bridgehead atoms. The van der Waals surface area contributed by atoms with Crippen molar-refractivity contribution in [1.29, 1.82) is 0 Å². The Morgan fingerprint density at radius 2 is 2.05 bits per heavy atom. The molecular weight excluding hydrogens is 259 g/mol. The molecule has 1 aliphatic rings. The molecule has 0 saturated carbocycles. The van der Waals surface area contributed by atoms with Gasteiger partial charge >= 0.3 is 0 Å². The second kappa shape index (κ2) is 4.74. The van der Waals surface area contributed by atoms with E-state index in [0.29, 0.717) is 0 Å². The van der Waals surface area contributed by atoms with Gasteiger partial charge in [-0.3, -0.25) is 4.79 Å². The van der Waals surface area contributed by atoms with Gasteiger partial charge in [-0.05, 0) is 52.3 Å². The minimum absolute atomic E-state index is 0.0462. The normalized spacial score (nSPS) is 23.6. The Hall–Kier alpha value is -1.62. The van der Waals surface area contributed by atoms with Crippen molar-refractivity contribution in [1.82, 2.24) is 0 Å². The van der Waals surface area contributed by atoms with Crippen LogP contribution in [0.2, 0.25) is 0 Å². The molecule has 3 N–H and O–H groups in total. The molecule has 110 valence electrons. The van der Waals surface area contributed by atoms with Crippen LogP contribution in [0, 0.1) is 5.82 Å². The van der Waals surface area contributed by atoms with Crippen LogP contribution in [0.15, 0.2) is 18.2 Å². The molecule has 1 fully saturated rings. The van der Waals surface area contributed by atoms with Gasteiger partial charge in [0, 0.05) is 5.56 Å². The maximum absolute atomic E-state index is 13.9. The van der Waals surface area contributed by atoms with Crippen molar-refractivity contribution in [2.24, 2.45) is 5.73 Å². The molecule has 1 atom stereocenters. The van der Waals surface area contributed by atoms with E-state index in [-0.39, 0.29) is 22.9 Å². The average molecular weight is 280 g/mol. The van der Waals surface area contributed by atoms with Gasteiger partial charge in [-0.2, -0.15) is 0 Å². The number of ether oxygens (including phenoxy) is 1. The number of hydrogen-bond donors (Lipinski definition) is 2. The van der Waals surface area contributed by atoms with Crippen LogP contribution in [0.5, 0.6) is 0 Å². The fourth-order valence-electron chi connectivity index (χ4n) is 2.76. The number of anilines is 1. The maximum Gasteiger partial charge on any atom is 0.248 e. The molecule has 1 unspecified atom stereocenters. The number of primary amides is 1. The Balaban J connectivity index is 2.26. The number of nitrogens with two attached hydrogens (primary N) is 1. The van der Waals surface area contributed by atoms with Gasteiger partial charge in [0.05, 0.1) is 22.9 Å². The van der Waals surface area contributed by atoms with Gasteiger partial charge in [-0.1, -0.05) is 0 Å². The summed E-state index contributed by atoms with van der Waals surface area (Å²) < 4.78 is 19.8. The summed E-state index contributed by atoms with van der Waals surface area (Å²) in [7, 11) is 0. The third kappa shape index (κ3) is 2.93. The lowest BCUT2D eigenvalue weighted by Crippen LogP contribution is -2.38. The molecular formula is C15H21FN2O2. The van der Waals surface area contributed by atoms with E-state index in [2.05, 4.69) is 5.32 Å². The third-order valence-electron chi connectivity index (χ3n) is 3.65. The van der Waals surface area contributed by atoms with E-state index in [1.54, 1.807) is 0 Å². The lowest BCUT2D eigenvalue weighted by atomic mass is 9.94. The predicted molar refractivity (Wildman–Crippen MR) is 76.2 cm³/mol. The zero-order chi connectivity index (χ0) is 15.1. The van der Waals surface area contributed by atoms with Crippen molar-refractivity contribution >= 4 is 11.6 Å². The molecule has 0 spiro atoms. The highest BCUT2D eigenvalue weighted by atomic mass is 19.1. The van der Waals surface area contributed by atoms with Crippen molar-refractivity contribution in [3.63, 3.8) is 0 Å². The second-order valence-corrected chi connectivity index (χ2v) is 6.43. The van der Waals surface area contributed by atoms with E-state index in [1.807, 2.05) is 27.7 Å². The summed E-state index contributed by atoms with van der Waals surface area (Å²) in [6.45, 7) is 7.95. The highest BCUT2D eigenvalue weighted by molar-refractivity contribution is 5.93. The molecule has 0 aromatic heterocycles. The molecule has 5 heteroatoms. The minimum Gasteiger partial charge on any atom is -0.377 e. The molecule has 1 heterocycles. The first kappa shape index (κ1) is 14.8. The fourth-order valence-corrected chi connectivity index (χ4v) is 2.76. The number of rotatable bonds is 3. The summed E-state index contributed by atoms with van der Waals surface area (Å²) >= 11 is 0. The SMILES string of the molecule is CC1(C)CC(Nc2cc(C(N)=O)ccc2F)C(C)(C)O1. The highest BCUT2D eigenvalue weighted by Gasteiger charge is 2.46. The number of carbonyl (C=O) groups is 1. The zero-order valence-corrected chi connectivity index (χ0v) is 12.3. The number of hydrogen-bond acceptors (Lipinski definition) is 3. The smallest absolute Gasteiger partial charge is 0.248 e. The zero-order valence-electron chi connectivity index (χ0n) is 12.3. The Morgan fingerprint density at radius 3 is 2.55 bits per heavy atom. The van der Waals surface area contributed by atoms with E-state index in [9.17, 15) is 9.18 Å². The van der Waals surface area contributed by atoms with Gasteiger partial charge < -0.3 is 15.8 Å². The number of carbonyl (C=O) groups excluding carboxylic acids is 1. The van der Waals surface area contributed by atoms with E-state index < -0.39 is 17.3 Å². The van der Waals surface area contributed by atoms with E-state index >= 15 is 0 Å². The standard InChI is InChI=1S/C15H21FN2O2/c1-14(2)8-12(15(3,4)20-14)18-11-7-9(13(17)19)5-6-10(11)16/h5-7,12,18H,8H2,1-4H3,(H2,17,19). The average Bonchev–Trinajstić information content (AvgIpc) is 2.49. The Bertz CT molecular complexity index is 541. The second-order valence-electron chi connectivity index (χ2n) is 6.43. The summed E-state index contributed by atoms with van der Waals surface area (Å²) in [6.07, 6.45) is 0.750. The minimum atomic E-state index is -0.574. The van der Waals surface area contributed by atoms with Crippen LogP contribution in [0.4, 0.5) is 10.1 Å². The lowest BCUT2D eigenvalue weighted by Gasteiger charge is -2.28. The van der Waals surface area contributed by atoms with E-state index in [0.717, 1.165) is 6.42 Å². The third-order valence-corrected chi connectivity index (χ3v) is 3.65.